The molecular formula is C13H13IO2S. The normalized spacial score (nSPS) is 12.5. The van der Waals surface area contributed by atoms with Crippen LogP contribution < -0.4 is 4.74 Å². The van der Waals surface area contributed by atoms with Gasteiger partial charge in [0.05, 0.1) is 9.99 Å². The van der Waals surface area contributed by atoms with E-state index in [1.54, 1.807) is 18.4 Å². The summed E-state index contributed by atoms with van der Waals surface area (Å²) in [7, 11) is 1.64. The van der Waals surface area contributed by atoms with E-state index in [2.05, 4.69) is 22.6 Å². The van der Waals surface area contributed by atoms with E-state index in [0.29, 0.717) is 0 Å². The first-order valence-electron chi connectivity index (χ1n) is 5.18. The summed E-state index contributed by atoms with van der Waals surface area (Å²) in [6.45, 7) is 1.98. The summed E-state index contributed by atoms with van der Waals surface area (Å²) in [5.41, 5.74) is 2.92. The highest BCUT2D eigenvalue weighted by atomic mass is 127. The number of rotatable bonds is 3. The molecule has 0 amide bonds. The molecular weight excluding hydrogens is 347 g/mol. The minimum absolute atomic E-state index is 0.555. The molecule has 1 N–H and O–H groups in total. The number of aliphatic hydroxyl groups is 1. The van der Waals surface area contributed by atoms with Crippen LogP contribution in [0.1, 0.15) is 22.8 Å². The lowest BCUT2D eigenvalue weighted by Gasteiger charge is -2.13. The molecule has 90 valence electrons. The van der Waals surface area contributed by atoms with Gasteiger partial charge in [-0.3, -0.25) is 0 Å². The first-order valence-corrected chi connectivity index (χ1v) is 7.14. The molecule has 1 unspecified atom stereocenters. The van der Waals surface area contributed by atoms with E-state index in [0.717, 1.165) is 22.4 Å². The minimum Gasteiger partial charge on any atom is -0.497 e. The number of aryl methyl sites for hydroxylation is 1. The Morgan fingerprint density at radius 2 is 2.12 bits per heavy atom. The maximum atomic E-state index is 10.3. The average molecular weight is 360 g/mol. The molecule has 0 aliphatic rings. The van der Waals surface area contributed by atoms with Crippen LogP contribution in [0.25, 0.3) is 0 Å². The second kappa shape index (κ2) is 5.37. The van der Waals surface area contributed by atoms with Gasteiger partial charge in [-0.2, -0.15) is 0 Å². The molecule has 2 rings (SSSR count). The van der Waals surface area contributed by atoms with Gasteiger partial charge in [0.15, 0.2) is 0 Å². The van der Waals surface area contributed by atoms with Gasteiger partial charge in [-0.25, -0.2) is 0 Å². The number of hydrogen-bond donors (Lipinski definition) is 1. The van der Waals surface area contributed by atoms with Gasteiger partial charge in [0.25, 0.3) is 0 Å². The molecule has 0 radical (unpaired) electrons. The van der Waals surface area contributed by atoms with Gasteiger partial charge in [0, 0.05) is 0 Å². The molecule has 2 nitrogen and oxygen atoms in total. The molecule has 17 heavy (non-hydrogen) atoms. The lowest BCUT2D eigenvalue weighted by molar-refractivity contribution is 0.220. The van der Waals surface area contributed by atoms with Gasteiger partial charge >= 0.3 is 0 Å². The molecule has 0 spiro atoms. The third-order valence-corrected chi connectivity index (χ3v) is 4.48. The number of thiophene rings is 1. The first-order chi connectivity index (χ1) is 8.11. The number of halogens is 1. The van der Waals surface area contributed by atoms with Crippen molar-refractivity contribution < 1.29 is 9.84 Å². The second-order valence-electron chi connectivity index (χ2n) is 3.81. The fraction of sp³-hybridized carbons (Fsp3) is 0.231. The number of benzene rings is 1. The summed E-state index contributed by atoms with van der Waals surface area (Å²) < 4.78 is 6.34. The molecule has 1 aromatic heterocycles. The van der Waals surface area contributed by atoms with E-state index in [-0.39, 0.29) is 0 Å². The molecule has 0 saturated carbocycles. The summed E-state index contributed by atoms with van der Waals surface area (Å²) in [4.78, 5) is 0. The number of hydrogen-bond acceptors (Lipinski definition) is 3. The molecule has 1 heterocycles. The lowest BCUT2D eigenvalue weighted by Crippen LogP contribution is -2.01. The van der Waals surface area contributed by atoms with Gasteiger partial charge in [-0.1, -0.05) is 6.07 Å². The molecule has 0 bridgehead atoms. The molecule has 1 aromatic carbocycles. The summed E-state index contributed by atoms with van der Waals surface area (Å²) >= 11 is 3.90. The third kappa shape index (κ3) is 2.81. The zero-order valence-corrected chi connectivity index (χ0v) is 12.6. The van der Waals surface area contributed by atoms with Crippen molar-refractivity contribution in [1.29, 1.82) is 0 Å². The maximum Gasteiger partial charge on any atom is 0.119 e. The Kier molecular flexibility index (Phi) is 4.06. The van der Waals surface area contributed by atoms with E-state index >= 15 is 0 Å². The Balaban J connectivity index is 2.34. The summed E-state index contributed by atoms with van der Waals surface area (Å²) in [6, 6.07) is 7.75. The van der Waals surface area contributed by atoms with Crippen LogP contribution in [0.4, 0.5) is 0 Å². The fourth-order valence-electron chi connectivity index (χ4n) is 1.73. The lowest BCUT2D eigenvalue weighted by atomic mass is 9.99. The van der Waals surface area contributed by atoms with Crippen LogP contribution in [0.2, 0.25) is 0 Å². The Morgan fingerprint density at radius 3 is 2.65 bits per heavy atom. The van der Waals surface area contributed by atoms with Gasteiger partial charge < -0.3 is 9.84 Å². The van der Waals surface area contributed by atoms with E-state index in [1.807, 2.05) is 36.6 Å². The summed E-state index contributed by atoms with van der Waals surface area (Å²) in [5, 5.41) is 12.3. The van der Waals surface area contributed by atoms with Crippen LogP contribution in [-0.4, -0.2) is 12.2 Å². The van der Waals surface area contributed by atoms with Crippen LogP contribution >= 0.6 is 33.9 Å². The Hall–Kier alpha value is -0.590. The van der Waals surface area contributed by atoms with Crippen LogP contribution in [0.15, 0.2) is 29.6 Å². The van der Waals surface area contributed by atoms with Crippen molar-refractivity contribution in [2.24, 2.45) is 0 Å². The van der Waals surface area contributed by atoms with Crippen molar-refractivity contribution in [1.82, 2.24) is 0 Å². The Labute approximate surface area is 118 Å². The zero-order valence-electron chi connectivity index (χ0n) is 9.61. The molecule has 0 aliphatic carbocycles. The largest absolute Gasteiger partial charge is 0.497 e. The highest BCUT2D eigenvalue weighted by Gasteiger charge is 2.14. The van der Waals surface area contributed by atoms with Crippen molar-refractivity contribution in [2.75, 3.05) is 7.11 Å². The van der Waals surface area contributed by atoms with Crippen molar-refractivity contribution in [3.05, 3.63) is 49.2 Å². The second-order valence-corrected chi connectivity index (χ2v) is 6.61. The van der Waals surface area contributed by atoms with Crippen molar-refractivity contribution in [3.63, 3.8) is 0 Å². The molecule has 4 heteroatoms. The molecule has 2 aromatic rings. The molecule has 0 aliphatic heterocycles. The van der Waals surface area contributed by atoms with E-state index in [9.17, 15) is 5.11 Å². The van der Waals surface area contributed by atoms with E-state index < -0.39 is 6.10 Å². The van der Waals surface area contributed by atoms with Crippen molar-refractivity contribution >= 4 is 33.9 Å². The van der Waals surface area contributed by atoms with Crippen LogP contribution in [-0.2, 0) is 0 Å². The summed E-state index contributed by atoms with van der Waals surface area (Å²) in [6.07, 6.45) is -0.555. The number of aliphatic hydroxyl groups excluding tert-OH is 1. The highest BCUT2D eigenvalue weighted by molar-refractivity contribution is 14.1. The van der Waals surface area contributed by atoms with Crippen molar-refractivity contribution in [2.45, 2.75) is 13.0 Å². The van der Waals surface area contributed by atoms with Gasteiger partial charge in [0.2, 0.25) is 0 Å². The Morgan fingerprint density at radius 1 is 1.35 bits per heavy atom. The maximum absolute atomic E-state index is 10.3. The van der Waals surface area contributed by atoms with Gasteiger partial charge in [-0.05, 0) is 69.8 Å². The monoisotopic (exact) mass is 360 g/mol. The van der Waals surface area contributed by atoms with Gasteiger partial charge in [-0.15, -0.1) is 11.3 Å². The summed E-state index contributed by atoms with van der Waals surface area (Å²) in [5.74, 6) is 0.818. The van der Waals surface area contributed by atoms with Crippen LogP contribution in [0, 0.1) is 9.81 Å². The number of ether oxygens (including phenoxy) is 1. The SMILES string of the molecule is COc1ccc(C(O)c2csc(I)c2)c(C)c1. The fourth-order valence-corrected chi connectivity index (χ4v) is 3.12. The van der Waals surface area contributed by atoms with Crippen LogP contribution in [0.3, 0.4) is 0 Å². The van der Waals surface area contributed by atoms with Crippen molar-refractivity contribution in [3.8, 4) is 5.75 Å². The third-order valence-electron chi connectivity index (χ3n) is 2.68. The van der Waals surface area contributed by atoms with E-state index in [4.69, 9.17) is 4.74 Å². The quantitative estimate of drug-likeness (QED) is 0.845. The molecule has 1 atom stereocenters. The highest BCUT2D eigenvalue weighted by Crippen LogP contribution is 2.30. The zero-order chi connectivity index (χ0) is 12.4. The van der Waals surface area contributed by atoms with E-state index in [1.165, 1.54) is 2.88 Å². The average Bonchev–Trinajstić information content (AvgIpc) is 2.75. The smallest absolute Gasteiger partial charge is 0.119 e. The predicted molar refractivity (Wildman–Crippen MR) is 78.8 cm³/mol. The van der Waals surface area contributed by atoms with Gasteiger partial charge in [0.1, 0.15) is 11.9 Å². The Bertz CT molecular complexity index is 522. The van der Waals surface area contributed by atoms with Crippen LogP contribution in [0.5, 0.6) is 5.75 Å². The number of methoxy groups -OCH3 is 1. The molecule has 0 fully saturated rings. The predicted octanol–water partition coefficient (Wildman–Crippen LogP) is 3.75. The first kappa shape index (κ1) is 12.9. The topological polar surface area (TPSA) is 29.5 Å². The minimum atomic E-state index is -0.555. The molecule has 0 saturated heterocycles. The standard InChI is InChI=1S/C13H13IO2S/c1-8-5-10(16-2)3-4-11(8)13(15)9-6-12(14)17-7-9/h3-7,13,15H,1-2H3.